The highest BCUT2D eigenvalue weighted by Crippen LogP contribution is 2.33. The zero-order valence-corrected chi connectivity index (χ0v) is 12.5. The van der Waals surface area contributed by atoms with Crippen molar-refractivity contribution in [1.29, 1.82) is 0 Å². The number of hydrogen-bond donors (Lipinski definition) is 1. The lowest BCUT2D eigenvalue weighted by atomic mass is 9.97. The van der Waals surface area contributed by atoms with Crippen LogP contribution in [0.3, 0.4) is 0 Å². The van der Waals surface area contributed by atoms with Crippen molar-refractivity contribution in [2.24, 2.45) is 5.41 Å². The Morgan fingerprint density at radius 2 is 1.95 bits per heavy atom. The molecular weight excluding hydrogens is 285 g/mol. The second-order valence-corrected chi connectivity index (χ2v) is 6.37. The van der Waals surface area contributed by atoms with Crippen LogP contribution in [0.1, 0.15) is 20.8 Å². The van der Waals surface area contributed by atoms with Gasteiger partial charge in [0.15, 0.2) is 5.82 Å². The maximum absolute atomic E-state index is 6.03. The van der Waals surface area contributed by atoms with Crippen molar-refractivity contribution in [3.05, 3.63) is 22.2 Å². The Bertz CT molecular complexity index is 577. The Hall–Kier alpha value is -1.33. The summed E-state index contributed by atoms with van der Waals surface area (Å²) in [6, 6.07) is 3.43. The molecule has 0 spiro atoms. The summed E-state index contributed by atoms with van der Waals surface area (Å²) in [5.74, 6) is 0.625. The Morgan fingerprint density at radius 1 is 1.26 bits per heavy atom. The number of aromatic nitrogens is 4. The number of nitrogen functional groups attached to an aromatic ring is 1. The maximum atomic E-state index is 6.03. The molecule has 0 unspecified atom stereocenters. The van der Waals surface area contributed by atoms with Crippen LogP contribution >= 0.6 is 23.2 Å². The van der Waals surface area contributed by atoms with Gasteiger partial charge in [-0.1, -0.05) is 44.0 Å². The average Bonchev–Trinajstić information content (AvgIpc) is 2.70. The second-order valence-electron chi connectivity index (χ2n) is 5.58. The Kier molecular flexibility index (Phi) is 3.69. The van der Waals surface area contributed by atoms with E-state index < -0.39 is 0 Å². The minimum Gasteiger partial charge on any atom is -0.397 e. The number of rotatable bonds is 2. The second kappa shape index (κ2) is 4.98. The predicted octanol–water partition coefficient (Wildman–Crippen LogP) is 3.28. The molecule has 2 aromatic rings. The van der Waals surface area contributed by atoms with Gasteiger partial charge in [-0.3, -0.25) is 0 Å². The number of halogens is 2. The summed E-state index contributed by atoms with van der Waals surface area (Å²) in [6.07, 6.45) is 0. The highest BCUT2D eigenvalue weighted by molar-refractivity contribution is 6.43. The molecule has 1 aromatic heterocycles. The van der Waals surface area contributed by atoms with E-state index in [4.69, 9.17) is 28.9 Å². The van der Waals surface area contributed by atoms with Crippen molar-refractivity contribution in [3.8, 4) is 11.4 Å². The van der Waals surface area contributed by atoms with Gasteiger partial charge in [-0.05, 0) is 28.0 Å². The van der Waals surface area contributed by atoms with Gasteiger partial charge in [0.2, 0.25) is 0 Å². The Labute approximate surface area is 121 Å². The van der Waals surface area contributed by atoms with Crippen molar-refractivity contribution < 1.29 is 0 Å². The van der Waals surface area contributed by atoms with Gasteiger partial charge in [-0.2, -0.15) is 0 Å². The molecule has 1 heterocycles. The van der Waals surface area contributed by atoms with Gasteiger partial charge in [-0.15, -0.1) is 5.10 Å². The van der Waals surface area contributed by atoms with Crippen LogP contribution in [0.2, 0.25) is 10.0 Å². The van der Waals surface area contributed by atoms with Gasteiger partial charge < -0.3 is 5.73 Å². The lowest BCUT2D eigenvalue weighted by Crippen LogP contribution is -2.17. The van der Waals surface area contributed by atoms with Crippen LogP contribution in [-0.2, 0) is 6.54 Å². The van der Waals surface area contributed by atoms with E-state index in [0.29, 0.717) is 28.1 Å². The number of hydrogen-bond acceptors (Lipinski definition) is 4. The molecule has 19 heavy (non-hydrogen) atoms. The molecule has 0 aliphatic heterocycles. The number of benzene rings is 1. The maximum Gasteiger partial charge on any atom is 0.182 e. The molecule has 0 saturated carbocycles. The molecule has 0 aliphatic carbocycles. The minimum absolute atomic E-state index is 0.0614. The van der Waals surface area contributed by atoms with Crippen LogP contribution in [0.5, 0.6) is 0 Å². The van der Waals surface area contributed by atoms with E-state index in [1.54, 1.807) is 16.8 Å². The van der Waals surface area contributed by atoms with E-state index in [-0.39, 0.29) is 5.41 Å². The molecule has 2 N–H and O–H groups in total. The molecule has 7 heteroatoms. The summed E-state index contributed by atoms with van der Waals surface area (Å²) in [4.78, 5) is 0. The summed E-state index contributed by atoms with van der Waals surface area (Å²) < 4.78 is 1.74. The molecule has 0 fully saturated rings. The third kappa shape index (κ3) is 3.16. The van der Waals surface area contributed by atoms with Crippen molar-refractivity contribution in [2.45, 2.75) is 27.3 Å². The molecule has 2 rings (SSSR count). The molecule has 5 nitrogen and oxygen atoms in total. The van der Waals surface area contributed by atoms with E-state index in [9.17, 15) is 0 Å². The molecular formula is C12H15Cl2N5. The highest BCUT2D eigenvalue weighted by atomic mass is 35.5. The third-order valence-electron chi connectivity index (χ3n) is 2.47. The van der Waals surface area contributed by atoms with E-state index in [0.717, 1.165) is 5.56 Å². The van der Waals surface area contributed by atoms with Gasteiger partial charge in [-0.25, -0.2) is 4.68 Å². The number of nitrogens with two attached hydrogens (primary N) is 1. The number of tetrazole rings is 1. The van der Waals surface area contributed by atoms with E-state index >= 15 is 0 Å². The number of nitrogens with zero attached hydrogens (tertiary/aromatic N) is 4. The fraction of sp³-hybridized carbons (Fsp3) is 0.417. The van der Waals surface area contributed by atoms with Crippen LogP contribution in [-0.4, -0.2) is 20.2 Å². The minimum atomic E-state index is 0.0614. The topological polar surface area (TPSA) is 69.6 Å². The van der Waals surface area contributed by atoms with Crippen LogP contribution in [0, 0.1) is 5.41 Å². The third-order valence-corrected chi connectivity index (χ3v) is 3.29. The first kappa shape index (κ1) is 14.1. The quantitative estimate of drug-likeness (QED) is 0.864. The normalized spacial score (nSPS) is 11.8. The van der Waals surface area contributed by atoms with Gasteiger partial charge in [0.1, 0.15) is 0 Å². The predicted molar refractivity (Wildman–Crippen MR) is 77.1 cm³/mol. The first-order valence-electron chi connectivity index (χ1n) is 5.79. The summed E-state index contributed by atoms with van der Waals surface area (Å²) in [5, 5.41) is 12.5. The van der Waals surface area contributed by atoms with Gasteiger partial charge in [0, 0.05) is 12.1 Å². The van der Waals surface area contributed by atoms with Crippen molar-refractivity contribution in [1.82, 2.24) is 20.2 Å². The fourth-order valence-electron chi connectivity index (χ4n) is 1.71. The largest absolute Gasteiger partial charge is 0.397 e. The first-order valence-corrected chi connectivity index (χ1v) is 6.54. The molecule has 0 radical (unpaired) electrons. The zero-order valence-electron chi connectivity index (χ0n) is 11.0. The van der Waals surface area contributed by atoms with Crippen LogP contribution < -0.4 is 5.73 Å². The first-order chi connectivity index (χ1) is 8.78. The van der Waals surface area contributed by atoms with Crippen molar-refractivity contribution >= 4 is 28.9 Å². The van der Waals surface area contributed by atoms with Gasteiger partial charge in [0.25, 0.3) is 0 Å². The molecule has 0 saturated heterocycles. The van der Waals surface area contributed by atoms with Gasteiger partial charge >= 0.3 is 0 Å². The molecule has 1 aromatic carbocycles. The fourth-order valence-corrected chi connectivity index (χ4v) is 2.04. The summed E-state index contributed by atoms with van der Waals surface area (Å²) >= 11 is 12.0. The summed E-state index contributed by atoms with van der Waals surface area (Å²) in [5.41, 5.74) is 7.03. The monoisotopic (exact) mass is 299 g/mol. The van der Waals surface area contributed by atoms with Crippen molar-refractivity contribution in [2.75, 3.05) is 5.73 Å². The zero-order chi connectivity index (χ0) is 14.2. The highest BCUT2D eigenvalue weighted by Gasteiger charge is 2.18. The molecule has 0 atom stereocenters. The summed E-state index contributed by atoms with van der Waals surface area (Å²) in [6.45, 7) is 7.03. The van der Waals surface area contributed by atoms with Gasteiger partial charge in [0.05, 0.1) is 15.7 Å². The van der Waals surface area contributed by atoms with Crippen molar-refractivity contribution in [3.63, 3.8) is 0 Å². The van der Waals surface area contributed by atoms with Crippen LogP contribution in [0.15, 0.2) is 12.1 Å². The molecule has 0 amide bonds. The molecule has 0 bridgehead atoms. The Balaban J connectivity index is 2.46. The van der Waals surface area contributed by atoms with Crippen LogP contribution in [0.4, 0.5) is 5.69 Å². The van der Waals surface area contributed by atoms with E-state index in [1.165, 1.54) is 0 Å². The van der Waals surface area contributed by atoms with Crippen LogP contribution in [0.25, 0.3) is 11.4 Å². The standard InChI is InChI=1S/C12H15Cl2N5/c1-12(2,3)6-19-11(16-17-18-19)7-4-8(13)10(14)9(15)5-7/h4-5H,6,15H2,1-3H3. The van der Waals surface area contributed by atoms with E-state index in [1.807, 2.05) is 0 Å². The lowest BCUT2D eigenvalue weighted by molar-refractivity contribution is 0.323. The number of anilines is 1. The van der Waals surface area contributed by atoms with E-state index in [2.05, 4.69) is 36.3 Å². The summed E-state index contributed by atoms with van der Waals surface area (Å²) in [7, 11) is 0. The lowest BCUT2D eigenvalue weighted by Gasteiger charge is -2.18. The molecule has 0 aliphatic rings. The Morgan fingerprint density at radius 3 is 2.53 bits per heavy atom. The SMILES string of the molecule is CC(C)(C)Cn1nnnc1-c1cc(N)c(Cl)c(Cl)c1. The smallest absolute Gasteiger partial charge is 0.182 e. The molecule has 102 valence electrons. The average molecular weight is 300 g/mol.